The molecule has 2 aromatic heterocycles. The number of H-pyrrole nitrogens is 1. The second-order valence-electron chi connectivity index (χ2n) is 4.88. The SMILES string of the molecule is Fc1cnc2[nH]cc(CCNCc3ccccc3F)c2c1. The fourth-order valence-electron chi connectivity index (χ4n) is 2.33. The average molecular weight is 287 g/mol. The van der Waals surface area contributed by atoms with Gasteiger partial charge in [-0.15, -0.1) is 0 Å². The lowest BCUT2D eigenvalue weighted by atomic mass is 10.1. The number of hydrogen-bond acceptors (Lipinski definition) is 2. The van der Waals surface area contributed by atoms with Crippen molar-refractivity contribution in [1.82, 2.24) is 15.3 Å². The molecule has 0 fully saturated rings. The van der Waals surface area contributed by atoms with Crippen LogP contribution in [0.3, 0.4) is 0 Å². The van der Waals surface area contributed by atoms with Crippen molar-refractivity contribution in [2.24, 2.45) is 0 Å². The maximum Gasteiger partial charge on any atom is 0.142 e. The normalized spacial score (nSPS) is 11.1. The first-order valence-corrected chi connectivity index (χ1v) is 6.79. The number of fused-ring (bicyclic) bond motifs is 1. The van der Waals surface area contributed by atoms with Crippen LogP contribution >= 0.6 is 0 Å². The Morgan fingerprint density at radius 1 is 1.14 bits per heavy atom. The number of nitrogens with one attached hydrogen (secondary N) is 2. The summed E-state index contributed by atoms with van der Waals surface area (Å²) in [6.07, 6.45) is 3.75. The molecule has 0 saturated carbocycles. The third kappa shape index (κ3) is 3.08. The van der Waals surface area contributed by atoms with E-state index >= 15 is 0 Å². The van der Waals surface area contributed by atoms with Crippen molar-refractivity contribution < 1.29 is 8.78 Å². The third-order valence-corrected chi connectivity index (χ3v) is 3.43. The van der Waals surface area contributed by atoms with Gasteiger partial charge in [-0.2, -0.15) is 0 Å². The molecule has 5 heteroatoms. The largest absolute Gasteiger partial charge is 0.346 e. The first-order chi connectivity index (χ1) is 10.2. The monoisotopic (exact) mass is 287 g/mol. The van der Waals surface area contributed by atoms with Crippen molar-refractivity contribution in [3.63, 3.8) is 0 Å². The van der Waals surface area contributed by atoms with Gasteiger partial charge >= 0.3 is 0 Å². The van der Waals surface area contributed by atoms with Crippen LogP contribution in [0, 0.1) is 11.6 Å². The zero-order chi connectivity index (χ0) is 14.7. The molecule has 0 aliphatic heterocycles. The average Bonchev–Trinajstić information content (AvgIpc) is 2.88. The quantitative estimate of drug-likeness (QED) is 0.708. The minimum Gasteiger partial charge on any atom is -0.346 e. The third-order valence-electron chi connectivity index (χ3n) is 3.43. The summed E-state index contributed by atoms with van der Waals surface area (Å²) in [7, 11) is 0. The Bertz CT molecular complexity index is 752. The molecule has 0 aliphatic rings. The summed E-state index contributed by atoms with van der Waals surface area (Å²) in [5.74, 6) is -0.550. The van der Waals surface area contributed by atoms with Crippen molar-refractivity contribution in [2.75, 3.05) is 6.54 Å². The second-order valence-corrected chi connectivity index (χ2v) is 4.88. The lowest BCUT2D eigenvalue weighted by Gasteiger charge is -2.05. The minimum atomic E-state index is -0.345. The Labute approximate surface area is 121 Å². The van der Waals surface area contributed by atoms with E-state index in [4.69, 9.17) is 0 Å². The zero-order valence-corrected chi connectivity index (χ0v) is 11.4. The summed E-state index contributed by atoms with van der Waals surface area (Å²) in [4.78, 5) is 7.01. The maximum absolute atomic E-state index is 13.4. The summed E-state index contributed by atoms with van der Waals surface area (Å²) in [5.41, 5.74) is 2.32. The predicted molar refractivity (Wildman–Crippen MR) is 77.9 cm³/mol. The molecule has 0 atom stereocenters. The van der Waals surface area contributed by atoms with Crippen molar-refractivity contribution in [3.8, 4) is 0 Å². The molecule has 0 amide bonds. The Morgan fingerprint density at radius 3 is 2.86 bits per heavy atom. The molecule has 3 aromatic rings. The minimum absolute atomic E-state index is 0.205. The summed E-state index contributed by atoms with van der Waals surface area (Å²) in [6, 6.07) is 8.17. The van der Waals surface area contributed by atoms with Crippen molar-refractivity contribution in [2.45, 2.75) is 13.0 Å². The van der Waals surface area contributed by atoms with Crippen molar-refractivity contribution >= 4 is 11.0 Å². The van der Waals surface area contributed by atoms with Crippen LogP contribution in [-0.2, 0) is 13.0 Å². The smallest absolute Gasteiger partial charge is 0.142 e. The van der Waals surface area contributed by atoms with Crippen LogP contribution in [0.25, 0.3) is 11.0 Å². The molecule has 0 saturated heterocycles. The molecular weight excluding hydrogens is 272 g/mol. The fourth-order valence-corrected chi connectivity index (χ4v) is 2.33. The number of rotatable bonds is 5. The van der Waals surface area contributed by atoms with Gasteiger partial charge in [-0.1, -0.05) is 18.2 Å². The topological polar surface area (TPSA) is 40.7 Å². The van der Waals surface area contributed by atoms with E-state index in [1.807, 2.05) is 12.3 Å². The lowest BCUT2D eigenvalue weighted by molar-refractivity contribution is 0.588. The molecule has 0 aliphatic carbocycles. The lowest BCUT2D eigenvalue weighted by Crippen LogP contribution is -2.17. The highest BCUT2D eigenvalue weighted by atomic mass is 19.1. The van der Waals surface area contributed by atoms with E-state index in [-0.39, 0.29) is 11.6 Å². The van der Waals surface area contributed by atoms with Crippen LogP contribution in [0.5, 0.6) is 0 Å². The Hall–Kier alpha value is -2.27. The highest BCUT2D eigenvalue weighted by Gasteiger charge is 2.06. The molecular formula is C16H15F2N3. The first kappa shape index (κ1) is 13.7. The van der Waals surface area contributed by atoms with E-state index in [1.54, 1.807) is 12.1 Å². The molecule has 108 valence electrons. The van der Waals surface area contributed by atoms with E-state index < -0.39 is 0 Å². The van der Waals surface area contributed by atoms with Crippen LogP contribution in [-0.4, -0.2) is 16.5 Å². The number of aromatic nitrogens is 2. The van der Waals surface area contributed by atoms with Crippen molar-refractivity contribution in [1.29, 1.82) is 0 Å². The molecule has 2 N–H and O–H groups in total. The summed E-state index contributed by atoms with van der Waals surface area (Å²) < 4.78 is 26.7. The first-order valence-electron chi connectivity index (χ1n) is 6.79. The fraction of sp³-hybridized carbons (Fsp3) is 0.188. The number of pyridine rings is 1. The number of benzene rings is 1. The summed E-state index contributed by atoms with van der Waals surface area (Å²) in [6.45, 7) is 1.15. The molecule has 0 unspecified atom stereocenters. The van der Waals surface area contributed by atoms with Gasteiger partial charge in [-0.25, -0.2) is 13.8 Å². The van der Waals surface area contributed by atoms with Crippen LogP contribution < -0.4 is 5.32 Å². The van der Waals surface area contributed by atoms with Crippen molar-refractivity contribution in [3.05, 3.63) is 65.5 Å². The van der Waals surface area contributed by atoms with E-state index in [1.165, 1.54) is 18.3 Å². The second kappa shape index (κ2) is 6.01. The number of nitrogens with zero attached hydrogens (tertiary/aromatic N) is 1. The number of aromatic amines is 1. The predicted octanol–water partition coefficient (Wildman–Crippen LogP) is 3.17. The van der Waals surface area contributed by atoms with Crippen LogP contribution in [0.1, 0.15) is 11.1 Å². The van der Waals surface area contributed by atoms with Crippen LogP contribution in [0.15, 0.2) is 42.7 Å². The Balaban J connectivity index is 1.60. The molecule has 0 bridgehead atoms. The van der Waals surface area contributed by atoms with E-state index in [0.29, 0.717) is 24.3 Å². The van der Waals surface area contributed by atoms with Gasteiger partial charge in [-0.3, -0.25) is 0 Å². The molecule has 0 radical (unpaired) electrons. The van der Waals surface area contributed by atoms with Gasteiger partial charge in [0.25, 0.3) is 0 Å². The summed E-state index contributed by atoms with van der Waals surface area (Å²) >= 11 is 0. The van der Waals surface area contributed by atoms with Crippen LogP contribution in [0.2, 0.25) is 0 Å². The van der Waals surface area contributed by atoms with Gasteiger partial charge < -0.3 is 10.3 Å². The van der Waals surface area contributed by atoms with Crippen LogP contribution in [0.4, 0.5) is 8.78 Å². The highest BCUT2D eigenvalue weighted by Crippen LogP contribution is 2.17. The van der Waals surface area contributed by atoms with Gasteiger partial charge in [0.1, 0.15) is 17.3 Å². The zero-order valence-electron chi connectivity index (χ0n) is 11.4. The van der Waals surface area contributed by atoms with Gasteiger partial charge in [0.2, 0.25) is 0 Å². The van der Waals surface area contributed by atoms with Gasteiger partial charge in [0, 0.05) is 23.7 Å². The maximum atomic E-state index is 13.4. The molecule has 21 heavy (non-hydrogen) atoms. The Morgan fingerprint density at radius 2 is 2.00 bits per heavy atom. The molecule has 3 rings (SSSR count). The van der Waals surface area contributed by atoms with E-state index in [9.17, 15) is 8.78 Å². The molecule has 2 heterocycles. The van der Waals surface area contributed by atoms with E-state index in [0.717, 1.165) is 17.4 Å². The van der Waals surface area contributed by atoms with E-state index in [2.05, 4.69) is 15.3 Å². The van der Waals surface area contributed by atoms with Gasteiger partial charge in [0.15, 0.2) is 0 Å². The molecule has 1 aromatic carbocycles. The van der Waals surface area contributed by atoms with Gasteiger partial charge in [0.05, 0.1) is 6.20 Å². The molecule has 3 nitrogen and oxygen atoms in total. The standard InChI is InChI=1S/C16H15F2N3/c17-13-7-14-11(9-20-16(14)21-10-13)5-6-19-8-12-3-1-2-4-15(12)18/h1-4,7,9-10,19H,5-6,8H2,(H,20,21). The highest BCUT2D eigenvalue weighted by molar-refractivity contribution is 5.79. The number of hydrogen-bond donors (Lipinski definition) is 2. The Kier molecular flexibility index (Phi) is 3.92. The molecule has 0 spiro atoms. The summed E-state index contributed by atoms with van der Waals surface area (Å²) in [5, 5.41) is 3.99. The number of halogens is 2. The van der Waals surface area contributed by atoms with Gasteiger partial charge in [-0.05, 0) is 30.7 Å².